The summed E-state index contributed by atoms with van der Waals surface area (Å²) in [6, 6.07) is 3.60. The van der Waals surface area contributed by atoms with Gasteiger partial charge in [0.25, 0.3) is 0 Å². The van der Waals surface area contributed by atoms with Crippen LogP contribution in [0.3, 0.4) is 0 Å². The van der Waals surface area contributed by atoms with E-state index >= 15 is 4.79 Å². The Bertz CT molecular complexity index is 2050. The van der Waals surface area contributed by atoms with E-state index in [2.05, 4.69) is 20.3 Å². The molecule has 1 aromatic heterocycles. The number of nitrogens with one attached hydrogen (secondary N) is 3. The van der Waals surface area contributed by atoms with Crippen molar-refractivity contribution < 1.29 is 41.8 Å². The number of sulfonamides is 1. The fourth-order valence-electron chi connectivity index (χ4n) is 8.96. The molecule has 7 atom stereocenters. The van der Waals surface area contributed by atoms with Crippen molar-refractivity contribution in [2.75, 3.05) is 20.3 Å². The lowest BCUT2D eigenvalue weighted by Gasteiger charge is -2.42. The van der Waals surface area contributed by atoms with E-state index in [9.17, 15) is 22.8 Å². The maximum atomic E-state index is 15.0. The van der Waals surface area contributed by atoms with Crippen molar-refractivity contribution in [3.63, 3.8) is 0 Å². The highest BCUT2D eigenvalue weighted by atomic mass is 32.2. The predicted molar refractivity (Wildman–Crippen MR) is 198 cm³/mol. The fourth-order valence-corrected chi connectivity index (χ4v) is 10.3. The number of cyclic esters (lactones) is 1. The molecule has 2 saturated carbocycles. The lowest BCUT2D eigenvalue weighted by atomic mass is 9.71. The number of ether oxygens (including phenoxy) is 3. The summed E-state index contributed by atoms with van der Waals surface area (Å²) in [6.07, 6.45) is 12.5. The van der Waals surface area contributed by atoms with E-state index in [-0.39, 0.29) is 32.4 Å². The van der Waals surface area contributed by atoms with Crippen LogP contribution in [0.5, 0.6) is 11.6 Å². The van der Waals surface area contributed by atoms with E-state index in [0.717, 1.165) is 18.2 Å². The monoisotopic (exact) mass is 761 g/mol. The van der Waals surface area contributed by atoms with Crippen LogP contribution in [0.15, 0.2) is 42.6 Å². The van der Waals surface area contributed by atoms with E-state index in [1.165, 1.54) is 4.90 Å². The van der Waals surface area contributed by atoms with E-state index in [1.54, 1.807) is 25.5 Å². The quantitative estimate of drug-likeness (QED) is 0.389. The summed E-state index contributed by atoms with van der Waals surface area (Å²) in [5.74, 6) is -1.69. The van der Waals surface area contributed by atoms with Crippen LogP contribution in [0.2, 0.25) is 0 Å². The molecule has 2 aliphatic carbocycles. The van der Waals surface area contributed by atoms with Gasteiger partial charge in [0.2, 0.25) is 33.6 Å². The van der Waals surface area contributed by atoms with Crippen molar-refractivity contribution in [2.45, 2.75) is 100 Å². The molecule has 7 unspecified atom stereocenters. The Balaban J connectivity index is 1.38. The largest absolute Gasteiger partial charge is 0.496 e. The lowest BCUT2D eigenvalue weighted by molar-refractivity contribution is -0.141. The molecule has 5 heterocycles. The molecule has 3 N–H and O–H groups in total. The normalized spacial score (nSPS) is 33.9. The number of benzene rings is 1. The number of amides is 4. The van der Waals surface area contributed by atoms with Crippen LogP contribution >= 0.6 is 0 Å². The number of hydrogen-bond donors (Lipinski definition) is 3. The number of methoxy groups -OCH3 is 1. The summed E-state index contributed by atoms with van der Waals surface area (Å²) in [4.78, 5) is 63.8. The maximum Gasteiger partial charge on any atom is 0.407 e. The number of aromatic nitrogens is 1. The van der Waals surface area contributed by atoms with Gasteiger partial charge in [0.1, 0.15) is 23.9 Å². The molecule has 6 bridgehead atoms. The van der Waals surface area contributed by atoms with Crippen LogP contribution in [0.4, 0.5) is 4.79 Å². The van der Waals surface area contributed by atoms with E-state index in [4.69, 9.17) is 14.2 Å². The second-order valence-electron chi connectivity index (χ2n) is 15.8. The zero-order valence-corrected chi connectivity index (χ0v) is 31.4. The zero-order chi connectivity index (χ0) is 37.8. The van der Waals surface area contributed by atoms with E-state index < -0.39 is 80.1 Å². The molecule has 1 aromatic carbocycles. The highest BCUT2D eigenvalue weighted by Gasteiger charge is 2.71. The Morgan fingerprint density at radius 3 is 2.74 bits per heavy atom. The van der Waals surface area contributed by atoms with Crippen molar-refractivity contribution in [3.05, 3.63) is 48.2 Å². The van der Waals surface area contributed by atoms with Crippen LogP contribution in [0, 0.1) is 17.3 Å². The molecule has 8 rings (SSSR count). The van der Waals surface area contributed by atoms with E-state index in [0.29, 0.717) is 54.7 Å². The first-order chi connectivity index (χ1) is 25.9. The van der Waals surface area contributed by atoms with Crippen molar-refractivity contribution >= 4 is 50.7 Å². The summed E-state index contributed by atoms with van der Waals surface area (Å²) < 4.78 is 47.4. The number of rotatable bonds is 4. The molecule has 4 fully saturated rings. The van der Waals surface area contributed by atoms with Gasteiger partial charge in [-0.15, -0.1) is 0 Å². The molecule has 2 aromatic rings. The Labute approximate surface area is 314 Å². The molecule has 14 nitrogen and oxygen atoms in total. The third-order valence-electron chi connectivity index (χ3n) is 12.0. The minimum absolute atomic E-state index is 0.0428. The average molecular weight is 762 g/mol. The number of alkyl carbamates (subject to hydrolysis) is 1. The Kier molecular flexibility index (Phi) is 9.34. The number of nitrogens with zero attached hydrogens (tertiary/aromatic N) is 2. The van der Waals surface area contributed by atoms with Crippen molar-refractivity contribution in [2.24, 2.45) is 17.3 Å². The third kappa shape index (κ3) is 6.58. The first-order valence-corrected chi connectivity index (χ1v) is 20.6. The second kappa shape index (κ2) is 13.9. The van der Waals surface area contributed by atoms with Gasteiger partial charge in [-0.2, -0.15) is 0 Å². The number of fused-ring (bicyclic) bond motifs is 4. The Hall–Kier alpha value is -4.66. The summed E-state index contributed by atoms with van der Waals surface area (Å²) in [5, 5.41) is 6.92. The van der Waals surface area contributed by atoms with Gasteiger partial charge in [0.05, 0.1) is 36.5 Å². The van der Waals surface area contributed by atoms with Crippen LogP contribution in [-0.4, -0.2) is 91.4 Å². The lowest BCUT2D eigenvalue weighted by Crippen LogP contribution is -2.63. The fraction of sp³-hybridized carbons (Fsp3) is 0.564. The maximum absolute atomic E-state index is 15.0. The smallest absolute Gasteiger partial charge is 0.407 e. The highest BCUT2D eigenvalue weighted by Crippen LogP contribution is 2.63. The van der Waals surface area contributed by atoms with Crippen LogP contribution in [-0.2, 0) is 29.1 Å². The highest BCUT2D eigenvalue weighted by molar-refractivity contribution is 7.90. The molecule has 54 heavy (non-hydrogen) atoms. The molecule has 0 spiro atoms. The molecule has 6 aliphatic rings. The number of carbonyl (C=O) groups excluding carboxylic acids is 4. The summed E-state index contributed by atoms with van der Waals surface area (Å²) in [6.45, 7) is 1.81. The molecule has 0 radical (unpaired) electrons. The molecule has 15 heteroatoms. The number of carbonyl (C=O) groups is 4. The van der Waals surface area contributed by atoms with Gasteiger partial charge in [-0.05, 0) is 80.4 Å². The van der Waals surface area contributed by atoms with Gasteiger partial charge in [-0.25, -0.2) is 18.2 Å². The third-order valence-corrected chi connectivity index (χ3v) is 13.8. The SMILES string of the molecule is COc1cc2ccnc3c2cc1/C=C\C12CC(C)COC(=O)NC(CCCCC/C=C\C4CC41C(=O)NS(=O)(=O)C1CC1)C(=O)N1CC(CC1C(=O)N2)O3. The number of hydrogen-bond acceptors (Lipinski definition) is 10. The van der Waals surface area contributed by atoms with E-state index in [1.807, 2.05) is 37.3 Å². The van der Waals surface area contributed by atoms with Gasteiger partial charge < -0.3 is 29.7 Å². The molecule has 4 aliphatic heterocycles. The van der Waals surface area contributed by atoms with Crippen molar-refractivity contribution in [1.29, 1.82) is 0 Å². The predicted octanol–water partition coefficient (Wildman–Crippen LogP) is 3.74. The summed E-state index contributed by atoms with van der Waals surface area (Å²) >= 11 is 0. The molecular weight excluding hydrogens is 715 g/mol. The van der Waals surface area contributed by atoms with Crippen LogP contribution in [0.1, 0.15) is 76.7 Å². The first-order valence-electron chi connectivity index (χ1n) is 19.0. The van der Waals surface area contributed by atoms with Crippen molar-refractivity contribution in [3.8, 4) is 11.6 Å². The van der Waals surface area contributed by atoms with Crippen LogP contribution < -0.4 is 24.8 Å². The van der Waals surface area contributed by atoms with Gasteiger partial charge in [-0.1, -0.05) is 44.1 Å². The topological polar surface area (TPSA) is 182 Å². The molecular formula is C39H47N5O9S. The van der Waals surface area contributed by atoms with Gasteiger partial charge >= 0.3 is 6.09 Å². The van der Waals surface area contributed by atoms with Gasteiger partial charge in [-0.3, -0.25) is 19.1 Å². The van der Waals surface area contributed by atoms with Crippen LogP contribution in [0.25, 0.3) is 16.8 Å². The minimum atomic E-state index is -3.98. The Morgan fingerprint density at radius 1 is 1.11 bits per heavy atom. The minimum Gasteiger partial charge on any atom is -0.496 e. The summed E-state index contributed by atoms with van der Waals surface area (Å²) in [7, 11) is -2.43. The molecule has 4 amide bonds. The Morgan fingerprint density at radius 2 is 1.94 bits per heavy atom. The zero-order valence-electron chi connectivity index (χ0n) is 30.5. The molecule has 288 valence electrons. The van der Waals surface area contributed by atoms with Crippen molar-refractivity contribution in [1.82, 2.24) is 25.2 Å². The van der Waals surface area contributed by atoms with Gasteiger partial charge in [0.15, 0.2) is 0 Å². The average Bonchev–Trinajstić information content (AvgIpc) is 4.07. The standard InChI is InChI=1S/C39H47N5O9S/c1-23-19-38-14-12-25-16-29-24(17-32(25)51-2)13-15-40-34(29)53-27-18-31(33(45)42-38)44(21-27)35(46)30(41-37(48)52-22-23)9-7-5-3-4-6-8-26-20-39(26,38)36(47)43-54(49,50)28-10-11-28/h6,8,12-17,23,26-28,30-31H,3-5,7,9-11,18-22H2,1-2H3,(H,41,48)(H,42,45)(H,43,47)/b8-6-,14-12-. The summed E-state index contributed by atoms with van der Waals surface area (Å²) in [5.41, 5.74) is -2.39. The second-order valence-corrected chi connectivity index (χ2v) is 17.8. The number of pyridine rings is 1. The first kappa shape index (κ1) is 36.3. The van der Waals surface area contributed by atoms with Gasteiger partial charge in [0, 0.05) is 23.6 Å². The number of allylic oxidation sites excluding steroid dienone is 2. The molecule has 2 saturated heterocycles.